The van der Waals surface area contributed by atoms with Crippen LogP contribution in [0.1, 0.15) is 24.0 Å². The van der Waals surface area contributed by atoms with Gasteiger partial charge in [-0.1, -0.05) is 24.3 Å². The van der Waals surface area contributed by atoms with Gasteiger partial charge < -0.3 is 19.9 Å². The summed E-state index contributed by atoms with van der Waals surface area (Å²) in [5.74, 6) is -0.000777. The summed E-state index contributed by atoms with van der Waals surface area (Å²) < 4.78 is 45.1. The molecule has 0 saturated carbocycles. The molecule has 2 atom stereocenters. The molecule has 0 bridgehead atoms. The number of nitrogens with one attached hydrogen (secondary N) is 2. The second kappa shape index (κ2) is 12.0. The number of H-pyrrole nitrogens is 1. The SMILES string of the molecule is CN(C)CCCNC(=O)[C@@H]1C[C@H](COc2cccc(C(F)(F)F)c2)CN(Cc2c[nH]c3ccccc23)C1. The summed E-state index contributed by atoms with van der Waals surface area (Å²) >= 11 is 0. The molecule has 0 unspecified atom stereocenters. The molecule has 1 fully saturated rings. The highest BCUT2D eigenvalue weighted by molar-refractivity contribution is 5.83. The van der Waals surface area contributed by atoms with Crippen molar-refractivity contribution >= 4 is 16.8 Å². The topological polar surface area (TPSA) is 60.6 Å². The predicted octanol–water partition coefficient (Wildman–Crippen LogP) is 4.77. The second-order valence-electron chi connectivity index (χ2n) is 10.1. The number of carbonyl (C=O) groups is 1. The van der Waals surface area contributed by atoms with E-state index in [1.165, 1.54) is 12.1 Å². The molecule has 0 radical (unpaired) electrons. The maximum absolute atomic E-state index is 13.1. The lowest BCUT2D eigenvalue weighted by Crippen LogP contribution is -2.47. The Labute approximate surface area is 215 Å². The zero-order valence-electron chi connectivity index (χ0n) is 21.4. The molecule has 1 aromatic heterocycles. The summed E-state index contributed by atoms with van der Waals surface area (Å²) in [5.41, 5.74) is 1.49. The number of likely N-dealkylation sites (tertiary alicyclic amines) is 1. The van der Waals surface area contributed by atoms with Crippen LogP contribution in [0, 0.1) is 11.8 Å². The quantitative estimate of drug-likeness (QED) is 0.381. The number of aromatic nitrogens is 1. The number of carbonyl (C=O) groups excluding carboxylic acids is 1. The lowest BCUT2D eigenvalue weighted by atomic mass is 9.88. The molecule has 2 heterocycles. The first kappa shape index (κ1) is 27.0. The summed E-state index contributed by atoms with van der Waals surface area (Å²) in [6.07, 6.45) is -0.921. The molecule has 200 valence electrons. The van der Waals surface area contributed by atoms with E-state index >= 15 is 0 Å². The van der Waals surface area contributed by atoms with Gasteiger partial charge in [0.15, 0.2) is 0 Å². The molecule has 6 nitrogen and oxygen atoms in total. The minimum atomic E-state index is -4.42. The van der Waals surface area contributed by atoms with Gasteiger partial charge in [-0.15, -0.1) is 0 Å². The number of fused-ring (bicyclic) bond motifs is 1. The van der Waals surface area contributed by atoms with Crippen molar-refractivity contribution in [3.8, 4) is 5.75 Å². The molecule has 2 aromatic carbocycles. The summed E-state index contributed by atoms with van der Waals surface area (Å²) in [6, 6.07) is 13.1. The Bertz CT molecular complexity index is 1180. The summed E-state index contributed by atoms with van der Waals surface area (Å²) in [6.45, 7) is 3.75. The van der Waals surface area contributed by atoms with Crippen molar-refractivity contribution in [1.29, 1.82) is 0 Å². The minimum absolute atomic E-state index is 0.00558. The minimum Gasteiger partial charge on any atom is -0.493 e. The molecular weight excluding hydrogens is 481 g/mol. The number of aromatic amines is 1. The molecule has 9 heteroatoms. The second-order valence-corrected chi connectivity index (χ2v) is 10.1. The lowest BCUT2D eigenvalue weighted by Gasteiger charge is -2.37. The number of piperidine rings is 1. The number of para-hydroxylation sites is 1. The summed E-state index contributed by atoms with van der Waals surface area (Å²) in [5, 5.41) is 4.22. The Morgan fingerprint density at radius 1 is 1.16 bits per heavy atom. The van der Waals surface area contributed by atoms with E-state index < -0.39 is 11.7 Å². The third-order valence-corrected chi connectivity index (χ3v) is 6.78. The number of hydrogen-bond acceptors (Lipinski definition) is 4. The van der Waals surface area contributed by atoms with Crippen molar-refractivity contribution in [3.05, 3.63) is 65.9 Å². The molecule has 1 aliphatic rings. The van der Waals surface area contributed by atoms with Crippen molar-refractivity contribution < 1.29 is 22.7 Å². The molecule has 0 spiro atoms. The summed E-state index contributed by atoms with van der Waals surface area (Å²) in [4.78, 5) is 20.7. The average molecular weight is 517 g/mol. The zero-order chi connectivity index (χ0) is 26.4. The van der Waals surface area contributed by atoms with Crippen LogP contribution in [-0.2, 0) is 17.5 Å². The Hall–Kier alpha value is -3.04. The molecular formula is C28H35F3N4O2. The van der Waals surface area contributed by atoms with Crippen LogP contribution in [0.3, 0.4) is 0 Å². The predicted molar refractivity (Wildman–Crippen MR) is 138 cm³/mol. The van der Waals surface area contributed by atoms with Gasteiger partial charge in [-0.05, 0) is 63.3 Å². The van der Waals surface area contributed by atoms with Crippen molar-refractivity contribution in [1.82, 2.24) is 20.1 Å². The molecule has 0 aliphatic carbocycles. The van der Waals surface area contributed by atoms with Crippen LogP contribution in [0.4, 0.5) is 13.2 Å². The number of hydrogen-bond donors (Lipinski definition) is 2. The van der Waals surface area contributed by atoms with E-state index in [4.69, 9.17) is 4.74 Å². The zero-order valence-corrected chi connectivity index (χ0v) is 21.4. The number of nitrogens with zero attached hydrogens (tertiary/aromatic N) is 2. The first-order valence-corrected chi connectivity index (χ1v) is 12.7. The van der Waals surface area contributed by atoms with E-state index in [-0.39, 0.29) is 30.1 Å². The van der Waals surface area contributed by atoms with Gasteiger partial charge in [0.05, 0.1) is 18.1 Å². The number of rotatable bonds is 10. The lowest BCUT2D eigenvalue weighted by molar-refractivity contribution is -0.137. The number of ether oxygens (including phenoxy) is 1. The third kappa shape index (κ3) is 7.49. The van der Waals surface area contributed by atoms with Gasteiger partial charge in [0.1, 0.15) is 5.75 Å². The fourth-order valence-electron chi connectivity index (χ4n) is 4.97. The van der Waals surface area contributed by atoms with Gasteiger partial charge in [0.2, 0.25) is 5.91 Å². The van der Waals surface area contributed by atoms with Crippen molar-refractivity contribution in [3.63, 3.8) is 0 Å². The van der Waals surface area contributed by atoms with Gasteiger partial charge in [0.25, 0.3) is 0 Å². The highest BCUT2D eigenvalue weighted by atomic mass is 19.4. The van der Waals surface area contributed by atoms with E-state index in [1.54, 1.807) is 0 Å². The van der Waals surface area contributed by atoms with Gasteiger partial charge in [-0.25, -0.2) is 0 Å². The largest absolute Gasteiger partial charge is 0.493 e. The first-order valence-electron chi connectivity index (χ1n) is 12.7. The average Bonchev–Trinajstić information content (AvgIpc) is 3.27. The number of alkyl halides is 3. The maximum atomic E-state index is 13.1. The molecule has 1 aliphatic heterocycles. The first-order chi connectivity index (χ1) is 17.7. The smallest absolute Gasteiger partial charge is 0.416 e. The van der Waals surface area contributed by atoms with Crippen LogP contribution in [0.25, 0.3) is 10.9 Å². The number of benzene rings is 2. The maximum Gasteiger partial charge on any atom is 0.416 e. The molecule has 1 saturated heterocycles. The highest BCUT2D eigenvalue weighted by Crippen LogP contribution is 2.32. The molecule has 37 heavy (non-hydrogen) atoms. The van der Waals surface area contributed by atoms with Crippen LogP contribution in [-0.4, -0.2) is 67.6 Å². The molecule has 2 N–H and O–H groups in total. The van der Waals surface area contributed by atoms with Crippen molar-refractivity contribution in [2.24, 2.45) is 11.8 Å². The van der Waals surface area contributed by atoms with Crippen molar-refractivity contribution in [2.45, 2.75) is 25.6 Å². The fourth-order valence-corrected chi connectivity index (χ4v) is 4.97. The highest BCUT2D eigenvalue weighted by Gasteiger charge is 2.33. The Balaban J connectivity index is 1.43. The number of halogens is 3. The molecule has 4 rings (SSSR count). The van der Waals surface area contributed by atoms with E-state index in [1.807, 2.05) is 38.5 Å². The van der Waals surface area contributed by atoms with Crippen LogP contribution in [0.2, 0.25) is 0 Å². The van der Waals surface area contributed by atoms with Gasteiger partial charge in [0, 0.05) is 49.2 Å². The van der Waals surface area contributed by atoms with Crippen LogP contribution in [0.5, 0.6) is 5.75 Å². The standard InChI is InChI=1S/C28H35F3N4O2/c1-34(2)12-6-11-32-27(36)21-13-20(19-37-24-8-5-7-23(14-24)28(29,30)31)16-35(17-21)18-22-15-33-26-10-4-3-9-25(22)26/h3-5,7-10,14-15,20-21,33H,6,11-13,16-19H2,1-2H3,(H,32,36)/t20-,21+/m0/s1. The van der Waals surface area contributed by atoms with Gasteiger partial charge in [-0.2, -0.15) is 13.2 Å². The Morgan fingerprint density at radius 2 is 1.97 bits per heavy atom. The van der Waals surface area contributed by atoms with Crippen LogP contribution < -0.4 is 10.1 Å². The van der Waals surface area contributed by atoms with Crippen LogP contribution in [0.15, 0.2) is 54.7 Å². The van der Waals surface area contributed by atoms with E-state index in [0.29, 0.717) is 32.6 Å². The van der Waals surface area contributed by atoms with Crippen molar-refractivity contribution in [2.75, 3.05) is 46.9 Å². The molecule has 3 aromatic rings. The van der Waals surface area contributed by atoms with Gasteiger partial charge >= 0.3 is 6.18 Å². The van der Waals surface area contributed by atoms with Gasteiger partial charge in [-0.3, -0.25) is 9.69 Å². The van der Waals surface area contributed by atoms with E-state index in [9.17, 15) is 18.0 Å². The fraction of sp³-hybridized carbons (Fsp3) is 0.464. The summed E-state index contributed by atoms with van der Waals surface area (Å²) in [7, 11) is 4.00. The van der Waals surface area contributed by atoms with Crippen LogP contribution >= 0.6 is 0 Å². The Kier molecular flexibility index (Phi) is 8.76. The number of amides is 1. The monoisotopic (exact) mass is 516 g/mol. The van der Waals surface area contributed by atoms with E-state index in [0.717, 1.165) is 41.6 Å². The van der Waals surface area contributed by atoms with E-state index in [2.05, 4.69) is 26.2 Å². The normalized spacial score (nSPS) is 18.9. The Morgan fingerprint density at radius 3 is 2.76 bits per heavy atom. The third-order valence-electron chi connectivity index (χ3n) is 6.78. The molecule has 1 amide bonds.